The van der Waals surface area contributed by atoms with Crippen molar-refractivity contribution in [3.63, 3.8) is 0 Å². The van der Waals surface area contributed by atoms with Crippen LogP contribution >= 0.6 is 0 Å². The van der Waals surface area contributed by atoms with Crippen LogP contribution in [-0.2, 0) is 4.79 Å². The summed E-state index contributed by atoms with van der Waals surface area (Å²) in [4.78, 5) is 29.8. The van der Waals surface area contributed by atoms with Gasteiger partial charge in [-0.2, -0.15) is 0 Å². The molecular formula is C19H20N2O4. The van der Waals surface area contributed by atoms with Gasteiger partial charge >= 0.3 is 5.97 Å². The minimum absolute atomic E-state index is 0.00300. The molecule has 0 spiro atoms. The highest BCUT2D eigenvalue weighted by Gasteiger charge is 2.38. The van der Waals surface area contributed by atoms with Gasteiger partial charge in [-0.1, -0.05) is 12.1 Å². The average molecular weight is 340 g/mol. The van der Waals surface area contributed by atoms with Gasteiger partial charge in [0.2, 0.25) is 0 Å². The molecule has 1 atom stereocenters. The molecule has 0 aliphatic heterocycles. The summed E-state index contributed by atoms with van der Waals surface area (Å²) in [5, 5.41) is 9.29. The van der Waals surface area contributed by atoms with Gasteiger partial charge in [-0.3, -0.25) is 9.78 Å². The van der Waals surface area contributed by atoms with Gasteiger partial charge in [0.25, 0.3) is 5.91 Å². The molecule has 1 aliphatic rings. The second-order valence-corrected chi connectivity index (χ2v) is 6.15. The molecule has 0 saturated heterocycles. The first-order valence-corrected chi connectivity index (χ1v) is 8.16. The first kappa shape index (κ1) is 17.0. The van der Waals surface area contributed by atoms with Gasteiger partial charge in [0, 0.05) is 24.0 Å². The molecule has 1 saturated carbocycles. The van der Waals surface area contributed by atoms with E-state index in [1.54, 1.807) is 26.3 Å². The fraction of sp³-hybridized carbons (Fsp3) is 0.316. The maximum Gasteiger partial charge on any atom is 0.326 e. The Morgan fingerprint density at radius 1 is 1.20 bits per heavy atom. The molecule has 3 rings (SSSR count). The van der Waals surface area contributed by atoms with Gasteiger partial charge in [-0.05, 0) is 43.5 Å². The lowest BCUT2D eigenvalue weighted by Crippen LogP contribution is -2.44. The summed E-state index contributed by atoms with van der Waals surface area (Å²) in [5.41, 5.74) is 2.10. The second kappa shape index (κ2) is 6.93. The van der Waals surface area contributed by atoms with Crippen molar-refractivity contribution in [3.8, 4) is 16.9 Å². The van der Waals surface area contributed by atoms with E-state index in [4.69, 9.17) is 4.74 Å². The minimum atomic E-state index is -1.00. The number of pyridine rings is 1. The fourth-order valence-corrected chi connectivity index (χ4v) is 2.78. The van der Waals surface area contributed by atoms with Crippen molar-refractivity contribution in [1.29, 1.82) is 0 Å². The molecule has 2 aromatic rings. The summed E-state index contributed by atoms with van der Waals surface area (Å²) in [6, 6.07) is 8.36. The van der Waals surface area contributed by atoms with Crippen LogP contribution in [0.2, 0.25) is 0 Å². The first-order chi connectivity index (χ1) is 12.0. The van der Waals surface area contributed by atoms with Gasteiger partial charge in [0.15, 0.2) is 0 Å². The monoisotopic (exact) mass is 340 g/mol. The van der Waals surface area contributed by atoms with E-state index in [-0.39, 0.29) is 11.9 Å². The Morgan fingerprint density at radius 3 is 2.44 bits per heavy atom. The number of carboxylic acid groups (broad SMARTS) is 1. The topological polar surface area (TPSA) is 79.7 Å². The largest absolute Gasteiger partial charge is 0.497 e. The zero-order valence-corrected chi connectivity index (χ0v) is 14.2. The molecule has 1 fully saturated rings. The lowest BCUT2D eigenvalue weighted by molar-refractivity contribution is -0.141. The van der Waals surface area contributed by atoms with Crippen molar-refractivity contribution in [2.24, 2.45) is 0 Å². The molecule has 1 aromatic carbocycles. The van der Waals surface area contributed by atoms with Gasteiger partial charge in [-0.25, -0.2) is 4.79 Å². The number of ether oxygens (including phenoxy) is 1. The van der Waals surface area contributed by atoms with Crippen molar-refractivity contribution in [1.82, 2.24) is 9.88 Å². The SMILES string of the molecule is COc1ccc(-c2cncc(C(=O)N(C3CC3)C(C)C(=O)O)c2)cc1. The van der Waals surface area contributed by atoms with Crippen LogP contribution in [0.25, 0.3) is 11.1 Å². The second-order valence-electron chi connectivity index (χ2n) is 6.15. The zero-order chi connectivity index (χ0) is 18.0. The number of aliphatic carboxylic acids is 1. The van der Waals surface area contributed by atoms with Gasteiger partial charge in [-0.15, -0.1) is 0 Å². The van der Waals surface area contributed by atoms with Crippen LogP contribution in [0.4, 0.5) is 0 Å². The van der Waals surface area contributed by atoms with Crippen molar-refractivity contribution in [2.45, 2.75) is 31.8 Å². The normalized spacial score (nSPS) is 14.6. The van der Waals surface area contributed by atoms with Crippen LogP contribution in [0.3, 0.4) is 0 Å². The van der Waals surface area contributed by atoms with E-state index in [2.05, 4.69) is 4.98 Å². The summed E-state index contributed by atoms with van der Waals surface area (Å²) in [7, 11) is 1.60. The highest BCUT2D eigenvalue weighted by Crippen LogP contribution is 2.31. The molecular weight excluding hydrogens is 320 g/mol. The van der Waals surface area contributed by atoms with Crippen molar-refractivity contribution < 1.29 is 19.4 Å². The van der Waals surface area contributed by atoms with Gasteiger partial charge in [0.1, 0.15) is 11.8 Å². The highest BCUT2D eigenvalue weighted by atomic mass is 16.5. The number of hydrogen-bond acceptors (Lipinski definition) is 4. The molecule has 6 nitrogen and oxygen atoms in total. The van der Waals surface area contributed by atoms with E-state index in [0.717, 1.165) is 29.7 Å². The van der Waals surface area contributed by atoms with Crippen LogP contribution in [0.5, 0.6) is 5.75 Å². The van der Waals surface area contributed by atoms with Crippen LogP contribution in [0.1, 0.15) is 30.1 Å². The molecule has 1 unspecified atom stereocenters. The number of carbonyl (C=O) groups is 2. The number of nitrogens with zero attached hydrogens (tertiary/aromatic N) is 2. The van der Waals surface area contributed by atoms with Crippen LogP contribution in [0, 0.1) is 0 Å². The van der Waals surface area contributed by atoms with E-state index in [0.29, 0.717) is 5.56 Å². The number of hydrogen-bond donors (Lipinski definition) is 1. The van der Waals surface area contributed by atoms with Crippen molar-refractivity contribution in [2.75, 3.05) is 7.11 Å². The lowest BCUT2D eigenvalue weighted by Gasteiger charge is -2.26. The van der Waals surface area contributed by atoms with Gasteiger partial charge in [0.05, 0.1) is 12.7 Å². The molecule has 6 heteroatoms. The number of amides is 1. The smallest absolute Gasteiger partial charge is 0.326 e. The number of methoxy groups -OCH3 is 1. The Bertz CT molecular complexity index is 784. The van der Waals surface area contributed by atoms with Crippen molar-refractivity contribution in [3.05, 3.63) is 48.3 Å². The summed E-state index contributed by atoms with van der Waals surface area (Å²) in [6.07, 6.45) is 4.85. The third-order valence-electron chi connectivity index (χ3n) is 4.36. The molecule has 1 N–H and O–H groups in total. The average Bonchev–Trinajstić information content (AvgIpc) is 3.46. The Labute approximate surface area is 146 Å². The summed E-state index contributed by atoms with van der Waals surface area (Å²) in [5.74, 6) is -0.543. The molecule has 0 bridgehead atoms. The Kier molecular flexibility index (Phi) is 4.70. The van der Waals surface area contributed by atoms with E-state index < -0.39 is 12.0 Å². The third kappa shape index (κ3) is 3.63. The zero-order valence-electron chi connectivity index (χ0n) is 14.2. The van der Waals surface area contributed by atoms with E-state index in [1.807, 2.05) is 24.3 Å². The Hall–Kier alpha value is -2.89. The molecule has 1 aliphatic carbocycles. The number of aromatic nitrogens is 1. The molecule has 25 heavy (non-hydrogen) atoms. The quantitative estimate of drug-likeness (QED) is 0.875. The molecule has 1 aromatic heterocycles. The standard InChI is InChI=1S/C19H20N2O4/c1-12(19(23)24)21(16-5-6-16)18(22)15-9-14(10-20-11-15)13-3-7-17(25-2)8-4-13/h3-4,7-12,16H,5-6H2,1-2H3,(H,23,24). The molecule has 130 valence electrons. The number of carbonyl (C=O) groups excluding carboxylic acids is 1. The maximum atomic E-state index is 12.9. The van der Waals surface area contributed by atoms with E-state index >= 15 is 0 Å². The van der Waals surface area contributed by atoms with Crippen LogP contribution in [-0.4, -0.2) is 46.1 Å². The lowest BCUT2D eigenvalue weighted by atomic mass is 10.0. The maximum absolute atomic E-state index is 12.9. The predicted molar refractivity (Wildman–Crippen MR) is 92.5 cm³/mol. The Balaban J connectivity index is 1.89. The van der Waals surface area contributed by atoms with Gasteiger partial charge < -0.3 is 14.7 Å². The van der Waals surface area contributed by atoms with Crippen LogP contribution < -0.4 is 4.74 Å². The Morgan fingerprint density at radius 2 is 1.88 bits per heavy atom. The predicted octanol–water partition coefficient (Wildman–Crippen LogP) is 2.83. The summed E-state index contributed by atoms with van der Waals surface area (Å²) >= 11 is 0. The number of rotatable bonds is 6. The highest BCUT2D eigenvalue weighted by molar-refractivity contribution is 5.97. The first-order valence-electron chi connectivity index (χ1n) is 8.16. The van der Waals surface area contributed by atoms with E-state index in [9.17, 15) is 14.7 Å². The summed E-state index contributed by atoms with van der Waals surface area (Å²) < 4.78 is 5.15. The minimum Gasteiger partial charge on any atom is -0.497 e. The fourth-order valence-electron chi connectivity index (χ4n) is 2.78. The number of benzene rings is 1. The van der Waals surface area contributed by atoms with E-state index in [1.165, 1.54) is 11.1 Å². The van der Waals surface area contributed by atoms with Crippen molar-refractivity contribution >= 4 is 11.9 Å². The molecule has 0 radical (unpaired) electrons. The van der Waals surface area contributed by atoms with Crippen LogP contribution in [0.15, 0.2) is 42.7 Å². The molecule has 1 heterocycles. The number of carboxylic acids is 1. The molecule has 1 amide bonds. The third-order valence-corrected chi connectivity index (χ3v) is 4.36. The summed E-state index contributed by atoms with van der Waals surface area (Å²) in [6.45, 7) is 1.54.